The molecule has 2 heterocycles. The van der Waals surface area contributed by atoms with Crippen LogP contribution in [-0.2, 0) is 73.5 Å². The summed E-state index contributed by atoms with van der Waals surface area (Å²) >= 11 is 0. The number of methoxy groups -OCH3 is 6. The molecule has 12 N–H and O–H groups in total. The molecule has 2 unspecified atom stereocenters. The fourth-order valence-corrected chi connectivity index (χ4v) is 13.7. The number of ether oxygens (including phenoxy) is 6. The van der Waals surface area contributed by atoms with E-state index >= 15 is 0 Å². The van der Waals surface area contributed by atoms with Gasteiger partial charge in [-0.1, -0.05) is 121 Å². The zero-order chi connectivity index (χ0) is 73.0. The minimum absolute atomic E-state index is 0. The number of carbonyl (C=O) groups excluding carboxylic acids is 8. The molecule has 22 nitrogen and oxygen atoms in total. The Balaban J connectivity index is 0.000000285. The van der Waals surface area contributed by atoms with E-state index in [1.165, 1.54) is 28.1 Å². The van der Waals surface area contributed by atoms with Crippen LogP contribution in [0.3, 0.4) is 0 Å². The van der Waals surface area contributed by atoms with Crippen molar-refractivity contribution in [3.05, 3.63) is 168 Å². The van der Waals surface area contributed by atoms with Gasteiger partial charge in [0.2, 0.25) is 35.4 Å². The van der Waals surface area contributed by atoms with Gasteiger partial charge in [0.25, 0.3) is 0 Å². The molecule has 0 aliphatic carbocycles. The van der Waals surface area contributed by atoms with Gasteiger partial charge in [-0.05, 0) is 154 Å². The molecule has 2 aliphatic rings. The summed E-state index contributed by atoms with van der Waals surface area (Å²) in [5.41, 5.74) is 14.2. The first-order chi connectivity index (χ1) is 49.4. The van der Waals surface area contributed by atoms with Gasteiger partial charge in [-0.3, -0.25) is 28.8 Å². The first-order valence-corrected chi connectivity index (χ1v) is 34.6. The van der Waals surface area contributed by atoms with Gasteiger partial charge in [-0.15, -0.1) is 0 Å². The van der Waals surface area contributed by atoms with Gasteiger partial charge in [0.15, 0.2) is 0 Å². The number of nitrogens with one attached hydrogen (secondary N) is 6. The van der Waals surface area contributed by atoms with Crippen LogP contribution in [0, 0.1) is 0 Å². The van der Waals surface area contributed by atoms with E-state index < -0.39 is 83.6 Å². The van der Waals surface area contributed by atoms with E-state index in [1.807, 2.05) is 133 Å². The summed E-state index contributed by atoms with van der Waals surface area (Å²) < 4.78 is 34.9. The zero-order valence-corrected chi connectivity index (χ0v) is 61.6. The predicted molar refractivity (Wildman–Crippen MR) is 392 cm³/mol. The Morgan fingerprint density at radius 2 is 0.712 bits per heavy atom. The van der Waals surface area contributed by atoms with Gasteiger partial charge in [-0.2, -0.15) is 0 Å². The molecule has 0 aromatic heterocycles. The van der Waals surface area contributed by atoms with Crippen LogP contribution >= 0.6 is 0 Å². The predicted octanol–water partition coefficient (Wildman–Crippen LogP) is 1.57. The van der Waals surface area contributed by atoms with E-state index in [9.17, 15) is 38.4 Å². The summed E-state index contributed by atoms with van der Waals surface area (Å²) in [6.45, 7) is 4.02. The summed E-state index contributed by atoms with van der Waals surface area (Å²) in [7, 11) is 9.00. The second kappa shape index (κ2) is 38.9. The number of quaternary nitrogens is 2. The molecule has 24 heteroatoms. The quantitative estimate of drug-likeness (QED) is 0.0387. The molecule has 0 radical (unpaired) electrons. The van der Waals surface area contributed by atoms with Crippen molar-refractivity contribution in [2.24, 2.45) is 0 Å². The Morgan fingerprint density at radius 3 is 1.00 bits per heavy atom. The largest absolute Gasteiger partial charge is 1.00 e. The molecule has 104 heavy (non-hydrogen) atoms. The number of hydrogen-bond acceptors (Lipinski definition) is 14. The minimum Gasteiger partial charge on any atom is -1.00 e. The van der Waals surface area contributed by atoms with Crippen LogP contribution in [0.5, 0.6) is 23.0 Å². The third-order valence-electron chi connectivity index (χ3n) is 18.5. The number of rotatable bonds is 16. The zero-order valence-electron chi connectivity index (χ0n) is 60.1. The molecule has 6 atom stereocenters. The van der Waals surface area contributed by atoms with Crippen LogP contribution in [0.1, 0.15) is 87.5 Å². The normalized spacial score (nSPS) is 17.9. The van der Waals surface area contributed by atoms with Gasteiger partial charge in [0.1, 0.15) is 59.2 Å². The van der Waals surface area contributed by atoms with E-state index in [1.54, 1.807) is 28.4 Å². The summed E-state index contributed by atoms with van der Waals surface area (Å²) in [5.74, 6) is -1.78. The molecule has 2 aliphatic heterocycles. The fourth-order valence-electron chi connectivity index (χ4n) is 13.7. The van der Waals surface area contributed by atoms with Crippen LogP contribution < -0.4 is 87.1 Å². The maximum Gasteiger partial charge on any atom is 0.328 e. The number of allylic oxidation sites excluding steroid dienone is 2. The van der Waals surface area contributed by atoms with E-state index in [0.29, 0.717) is 85.7 Å². The van der Waals surface area contributed by atoms with Crippen LogP contribution in [0.15, 0.2) is 146 Å². The number of hydrogen-bond donors (Lipinski definition) is 8. The van der Waals surface area contributed by atoms with Crippen molar-refractivity contribution in [3.8, 4) is 45.3 Å². The maximum atomic E-state index is 14.1. The number of benzene rings is 8. The second-order valence-electron chi connectivity index (χ2n) is 25.4. The smallest absolute Gasteiger partial charge is 0.328 e. The minimum atomic E-state index is -1.06. The highest BCUT2D eigenvalue weighted by molar-refractivity contribution is 6.13. The third kappa shape index (κ3) is 19.3. The fraction of sp³-hybridized carbons (Fsp3) is 0.350. The Hall–Kier alpha value is -10.3. The lowest BCUT2D eigenvalue weighted by atomic mass is 9.87. The van der Waals surface area contributed by atoms with E-state index in [-0.39, 0.29) is 50.5 Å². The highest BCUT2D eigenvalue weighted by Gasteiger charge is 2.35. The Bertz CT molecular complexity index is 4210. The van der Waals surface area contributed by atoms with Crippen molar-refractivity contribution < 1.29 is 103 Å². The van der Waals surface area contributed by atoms with E-state index in [0.717, 1.165) is 89.3 Å². The number of halogens is 2. The molecule has 0 saturated heterocycles. The summed E-state index contributed by atoms with van der Waals surface area (Å²) in [6.07, 6.45) is 12.3. The Labute approximate surface area is 618 Å². The van der Waals surface area contributed by atoms with Gasteiger partial charge in [0.05, 0.1) is 55.7 Å². The molecule has 10 rings (SSSR count). The lowest BCUT2D eigenvalue weighted by molar-refractivity contribution is -0.368. The summed E-state index contributed by atoms with van der Waals surface area (Å²) in [4.78, 5) is 106. The molecule has 0 fully saturated rings. The molecular formula is C80H94Cl2N8O14. The highest BCUT2D eigenvalue weighted by Crippen LogP contribution is 2.51. The molecular weight excluding hydrogens is 1370 g/mol. The van der Waals surface area contributed by atoms with Crippen molar-refractivity contribution in [3.63, 3.8) is 0 Å². The first-order valence-electron chi connectivity index (χ1n) is 34.6. The lowest BCUT2D eigenvalue weighted by Crippen LogP contribution is -3.00. The van der Waals surface area contributed by atoms with E-state index in [2.05, 4.69) is 55.5 Å². The summed E-state index contributed by atoms with van der Waals surface area (Å²) in [5, 5.41) is 24.5. The molecule has 8 aromatic rings. The van der Waals surface area contributed by atoms with Crippen molar-refractivity contribution >= 4 is 90.5 Å². The lowest BCUT2D eigenvalue weighted by Gasteiger charge is -2.26. The van der Waals surface area contributed by atoms with Crippen molar-refractivity contribution in [1.82, 2.24) is 31.9 Å². The second-order valence-corrected chi connectivity index (χ2v) is 25.4. The molecule has 0 saturated carbocycles. The molecule has 0 spiro atoms. The Morgan fingerprint density at radius 1 is 0.413 bits per heavy atom. The van der Waals surface area contributed by atoms with Gasteiger partial charge < -0.3 is 96.6 Å². The third-order valence-corrected chi connectivity index (χ3v) is 18.5. The average Bonchev–Trinajstić information content (AvgIpc) is 0.744. The van der Waals surface area contributed by atoms with Crippen molar-refractivity contribution in [1.29, 1.82) is 0 Å². The first kappa shape index (κ1) is 81.0. The van der Waals surface area contributed by atoms with Gasteiger partial charge in [-0.25, -0.2) is 9.59 Å². The molecule has 6 amide bonds. The number of unbranched alkanes of at least 4 members (excludes halogenated alkanes) is 2. The number of carbonyl (C=O) groups is 8. The van der Waals surface area contributed by atoms with Crippen molar-refractivity contribution in [2.75, 3.05) is 55.7 Å². The van der Waals surface area contributed by atoms with Gasteiger partial charge >= 0.3 is 11.9 Å². The van der Waals surface area contributed by atoms with Crippen LogP contribution in [0.4, 0.5) is 0 Å². The molecule has 552 valence electrons. The molecule has 8 aromatic carbocycles. The summed E-state index contributed by atoms with van der Waals surface area (Å²) in [6, 6.07) is 34.1. The van der Waals surface area contributed by atoms with Crippen LogP contribution in [0.25, 0.3) is 65.3 Å². The maximum absolute atomic E-state index is 14.1. The standard InChI is InChI=1S/2C40H46N4O7.2ClH/c2*1-24(45)42-33-23-28-22-26-14-6-9-17-30(26)35(37(28)50-3)34-29-16-8-5-13-25(29)21-27(36(34)49-2)15-7-10-19-32(40(48)51-4)44-38(46)31(43-39(33)47)18-11-12-20-41;;/h2*5-10,13-14,16-17,21-22,31-33H,11-12,15,18-20,23,41H2,1-4H3,(H,42,45)(H,43,47)(H,44,46);2*1H/t2*31-,32+,33?;;/m11../s1. The number of amides is 6. The van der Waals surface area contributed by atoms with Gasteiger partial charge in [0, 0.05) is 48.9 Å². The number of fused-ring (bicyclic) bond motifs is 18. The van der Waals surface area contributed by atoms with Crippen molar-refractivity contribution in [2.45, 2.75) is 127 Å². The highest BCUT2D eigenvalue weighted by atomic mass is 35.5. The topological polar surface area (TPSA) is 319 Å². The average molecular weight is 1460 g/mol. The number of esters is 2. The monoisotopic (exact) mass is 1460 g/mol. The SMILES string of the molecule is COC(=O)[C@@H]1CC=CCc2cc3ccccc3c(c2OC)-c2c(OC)c(cc3ccccc23)CC(NC(C)=O)C(=O)N[C@H](CCCC[NH3+])C(=O)N1.COC(=O)[C@@H]1CC=CCc2cc3ccccc3c(c2OC)-c2c(OC)c(cc3ccccc23)CC(NC(C)=O)C(=O)N[C@H](CCCC[NH3+])C(=O)N1.[Cl-].[Cl-]. The van der Waals surface area contributed by atoms with E-state index in [4.69, 9.17) is 28.4 Å². The van der Waals surface area contributed by atoms with Crippen LogP contribution in [0.2, 0.25) is 0 Å². The van der Waals surface area contributed by atoms with Crippen LogP contribution in [-0.4, -0.2) is 139 Å². The molecule has 8 bridgehead atoms. The Kier molecular flexibility index (Phi) is 30.3.